The summed E-state index contributed by atoms with van der Waals surface area (Å²) in [7, 11) is 0. The van der Waals surface area contributed by atoms with E-state index in [1.165, 1.54) is 11.1 Å². The first-order valence-electron chi connectivity index (χ1n) is 13.0. The molecule has 3 aromatic heterocycles. The van der Waals surface area contributed by atoms with Crippen molar-refractivity contribution in [2.45, 2.75) is 18.9 Å². The van der Waals surface area contributed by atoms with Crippen LogP contribution in [0.25, 0.3) is 10.2 Å². The highest BCUT2D eigenvalue weighted by Gasteiger charge is 2.29. The zero-order valence-corrected chi connectivity index (χ0v) is 22.2. The maximum absolute atomic E-state index is 8.95. The summed E-state index contributed by atoms with van der Waals surface area (Å²) in [6.45, 7) is 5.95. The molecule has 1 aliphatic carbocycles. The van der Waals surface area contributed by atoms with E-state index >= 15 is 0 Å². The second kappa shape index (κ2) is 11.8. The van der Waals surface area contributed by atoms with Gasteiger partial charge in [-0.3, -0.25) is 4.90 Å². The first-order chi connectivity index (χ1) is 19.2. The predicted molar refractivity (Wildman–Crippen MR) is 146 cm³/mol. The Hall–Kier alpha value is -3.98. The van der Waals surface area contributed by atoms with Crippen molar-refractivity contribution in [1.29, 1.82) is 5.26 Å². The molecule has 0 saturated carbocycles. The van der Waals surface area contributed by atoms with Gasteiger partial charge in [0.05, 0.1) is 34.9 Å². The van der Waals surface area contributed by atoms with E-state index in [0.29, 0.717) is 18.2 Å². The van der Waals surface area contributed by atoms with Crippen molar-refractivity contribution in [2.24, 2.45) is 5.92 Å². The number of hydrogen-bond donors (Lipinski definition) is 0. The summed E-state index contributed by atoms with van der Waals surface area (Å²) in [5, 5.41) is 14.0. The summed E-state index contributed by atoms with van der Waals surface area (Å²) in [5.74, 6) is 1.18. The van der Waals surface area contributed by atoms with Crippen molar-refractivity contribution in [1.82, 2.24) is 34.9 Å². The molecule has 1 aromatic carbocycles. The molecule has 0 amide bonds. The molecule has 4 heterocycles. The van der Waals surface area contributed by atoms with Crippen LogP contribution in [0.4, 0.5) is 0 Å². The van der Waals surface area contributed by atoms with Gasteiger partial charge in [0.15, 0.2) is 5.82 Å². The lowest BCUT2D eigenvalue weighted by Crippen LogP contribution is -2.47. The highest BCUT2D eigenvalue weighted by molar-refractivity contribution is 7.18. The molecule has 2 atom stereocenters. The van der Waals surface area contributed by atoms with Crippen LogP contribution in [0.5, 0.6) is 6.01 Å². The Morgan fingerprint density at radius 1 is 1.08 bits per heavy atom. The molecule has 0 spiro atoms. The van der Waals surface area contributed by atoms with E-state index in [-0.39, 0.29) is 18.3 Å². The second-order valence-electron chi connectivity index (χ2n) is 9.69. The summed E-state index contributed by atoms with van der Waals surface area (Å²) in [6, 6.07) is 12.4. The molecule has 0 bridgehead atoms. The summed E-state index contributed by atoms with van der Waals surface area (Å²) in [5.41, 5.74) is 2.75. The van der Waals surface area contributed by atoms with Gasteiger partial charge in [-0.05, 0) is 23.8 Å². The number of nitriles is 1. The van der Waals surface area contributed by atoms with Gasteiger partial charge in [0, 0.05) is 50.8 Å². The average molecular weight is 541 g/mol. The topological polar surface area (TPSA) is 117 Å². The highest BCUT2D eigenvalue weighted by Crippen LogP contribution is 2.37. The zero-order valence-electron chi connectivity index (χ0n) is 21.4. The Kier molecular flexibility index (Phi) is 7.67. The lowest BCUT2D eigenvalue weighted by atomic mass is 9.85. The van der Waals surface area contributed by atoms with Gasteiger partial charge >= 0.3 is 6.01 Å². The highest BCUT2D eigenvalue weighted by atomic mass is 32.1. The lowest BCUT2D eigenvalue weighted by Gasteiger charge is -2.37. The van der Waals surface area contributed by atoms with Crippen LogP contribution in [-0.4, -0.2) is 74.2 Å². The SMILES string of the molecule is N#CCc1ccnc(OCC2=CC(c3nc4ccccc4s3)C(CN3CCN(Cc4ncon4)CC3)C=C2)n1. The number of fused-ring (bicyclic) bond motifs is 1. The summed E-state index contributed by atoms with van der Waals surface area (Å²) in [4.78, 5) is 22.6. The maximum atomic E-state index is 8.95. The molecule has 0 radical (unpaired) electrons. The van der Waals surface area contributed by atoms with Gasteiger partial charge in [0.1, 0.15) is 11.6 Å². The predicted octanol–water partition coefficient (Wildman–Crippen LogP) is 3.63. The van der Waals surface area contributed by atoms with Crippen LogP contribution in [0.3, 0.4) is 0 Å². The van der Waals surface area contributed by atoms with Crippen molar-refractivity contribution in [2.75, 3.05) is 39.3 Å². The Bertz CT molecular complexity index is 1470. The number of hydrogen-bond acceptors (Lipinski definition) is 11. The normalized spacial score (nSPS) is 20.1. The number of rotatable bonds is 9. The summed E-state index contributed by atoms with van der Waals surface area (Å²) >= 11 is 1.76. The van der Waals surface area contributed by atoms with E-state index in [1.807, 2.05) is 6.07 Å². The number of benzene rings is 1. The van der Waals surface area contributed by atoms with E-state index in [4.69, 9.17) is 19.5 Å². The van der Waals surface area contributed by atoms with Crippen molar-refractivity contribution in [3.8, 4) is 12.1 Å². The van der Waals surface area contributed by atoms with Crippen molar-refractivity contribution in [3.63, 3.8) is 0 Å². The molecule has 1 aliphatic heterocycles. The molecule has 11 heteroatoms. The van der Waals surface area contributed by atoms with Crippen LogP contribution in [0, 0.1) is 17.2 Å². The Morgan fingerprint density at radius 3 is 2.77 bits per heavy atom. The molecule has 39 heavy (non-hydrogen) atoms. The van der Waals surface area contributed by atoms with Crippen molar-refractivity contribution in [3.05, 3.63) is 83.2 Å². The van der Waals surface area contributed by atoms with E-state index in [1.54, 1.807) is 23.6 Å². The molecule has 2 aliphatic rings. The minimum atomic E-state index is 0.147. The second-order valence-corrected chi connectivity index (χ2v) is 10.8. The number of ether oxygens (including phenoxy) is 1. The molecule has 0 N–H and O–H groups in total. The molecule has 1 saturated heterocycles. The quantitative estimate of drug-likeness (QED) is 0.311. The Balaban J connectivity index is 1.15. The molecular formula is C28H28N8O2S. The molecule has 10 nitrogen and oxygen atoms in total. The van der Waals surface area contributed by atoms with Gasteiger partial charge < -0.3 is 14.2 Å². The zero-order chi connectivity index (χ0) is 26.4. The van der Waals surface area contributed by atoms with E-state index in [9.17, 15) is 0 Å². The van der Waals surface area contributed by atoms with E-state index in [0.717, 1.165) is 61.2 Å². The van der Waals surface area contributed by atoms with Crippen LogP contribution < -0.4 is 4.74 Å². The summed E-state index contributed by atoms with van der Waals surface area (Å²) < 4.78 is 12.0. The summed E-state index contributed by atoms with van der Waals surface area (Å²) in [6.07, 6.45) is 9.98. The average Bonchev–Trinajstić information content (AvgIpc) is 3.64. The van der Waals surface area contributed by atoms with Crippen LogP contribution in [0.15, 0.2) is 71.2 Å². The fourth-order valence-corrected chi connectivity index (χ4v) is 6.11. The van der Waals surface area contributed by atoms with Crippen LogP contribution in [-0.2, 0) is 13.0 Å². The third-order valence-corrected chi connectivity index (χ3v) is 8.17. The molecule has 2 unspecified atom stereocenters. The van der Waals surface area contributed by atoms with Crippen molar-refractivity contribution < 1.29 is 9.26 Å². The van der Waals surface area contributed by atoms with Gasteiger partial charge in [0.2, 0.25) is 6.39 Å². The number of nitrogens with zero attached hydrogens (tertiary/aromatic N) is 8. The van der Waals surface area contributed by atoms with Gasteiger partial charge in [-0.1, -0.05) is 35.5 Å². The van der Waals surface area contributed by atoms with Crippen LogP contribution in [0.1, 0.15) is 22.4 Å². The van der Waals surface area contributed by atoms with E-state index < -0.39 is 0 Å². The number of aromatic nitrogens is 5. The molecule has 4 aromatic rings. The number of thiazole rings is 1. The Morgan fingerprint density at radius 2 is 1.95 bits per heavy atom. The largest absolute Gasteiger partial charge is 0.459 e. The minimum absolute atomic E-state index is 0.147. The van der Waals surface area contributed by atoms with Gasteiger partial charge in [-0.2, -0.15) is 15.2 Å². The van der Waals surface area contributed by atoms with Crippen LogP contribution in [0.2, 0.25) is 0 Å². The Labute approximate surface area is 230 Å². The molecule has 1 fully saturated rings. The minimum Gasteiger partial charge on any atom is -0.459 e. The first kappa shape index (κ1) is 25.3. The van der Waals surface area contributed by atoms with Gasteiger partial charge in [-0.25, -0.2) is 9.97 Å². The number of allylic oxidation sites excluding steroid dienone is 1. The maximum Gasteiger partial charge on any atom is 0.316 e. The fourth-order valence-electron chi connectivity index (χ4n) is 5.00. The van der Waals surface area contributed by atoms with Gasteiger partial charge in [0.25, 0.3) is 0 Å². The molecular weight excluding hydrogens is 512 g/mol. The van der Waals surface area contributed by atoms with Crippen LogP contribution >= 0.6 is 11.3 Å². The monoisotopic (exact) mass is 540 g/mol. The molecule has 6 rings (SSSR count). The smallest absolute Gasteiger partial charge is 0.316 e. The lowest BCUT2D eigenvalue weighted by molar-refractivity contribution is 0.114. The number of para-hydroxylation sites is 1. The standard InChI is InChI=1S/C28H28N8O2S/c29-9-7-22-8-10-30-28(32-22)37-18-20-5-6-21(23(15-20)27-33-24-3-1-2-4-25(24)39-27)16-35-11-13-36(14-12-35)17-26-31-19-38-34-26/h1-6,8,10,15,19,21,23H,7,11-14,16-18H2. The van der Waals surface area contributed by atoms with Gasteiger partial charge in [-0.15, -0.1) is 11.3 Å². The van der Waals surface area contributed by atoms with E-state index in [2.05, 4.69) is 72.4 Å². The molecule has 198 valence electrons. The first-order valence-corrected chi connectivity index (χ1v) is 13.8. The fraction of sp³-hybridized carbons (Fsp3) is 0.357. The third-order valence-electron chi connectivity index (χ3n) is 7.03. The van der Waals surface area contributed by atoms with Crippen molar-refractivity contribution >= 4 is 21.6 Å². The third kappa shape index (κ3) is 6.20. The number of piperazine rings is 1.